The molecule has 0 fully saturated rings. The van der Waals surface area contributed by atoms with Gasteiger partial charge in [0.1, 0.15) is 5.82 Å². The summed E-state index contributed by atoms with van der Waals surface area (Å²) in [5.74, 6) is 1.34. The van der Waals surface area contributed by atoms with Crippen LogP contribution in [0.2, 0.25) is 0 Å². The van der Waals surface area contributed by atoms with E-state index in [0.717, 1.165) is 30.8 Å². The summed E-state index contributed by atoms with van der Waals surface area (Å²) < 4.78 is 0. The van der Waals surface area contributed by atoms with E-state index in [1.54, 1.807) is 4.90 Å². The van der Waals surface area contributed by atoms with Crippen molar-refractivity contribution in [1.82, 2.24) is 9.97 Å². The van der Waals surface area contributed by atoms with E-state index in [9.17, 15) is 4.79 Å². The van der Waals surface area contributed by atoms with E-state index in [1.165, 1.54) is 0 Å². The monoisotopic (exact) mass is 194 g/mol. The molecule has 0 aliphatic carbocycles. The molecule has 1 aliphatic heterocycles. The Kier molecular flexibility index (Phi) is 2.15. The summed E-state index contributed by atoms with van der Waals surface area (Å²) in [7, 11) is 3.71. The Morgan fingerprint density at radius 1 is 1.43 bits per heavy atom. The third-order valence-electron chi connectivity index (χ3n) is 2.32. The lowest BCUT2D eigenvalue weighted by molar-refractivity contribution is 0.794. The number of rotatable bonds is 1. The van der Waals surface area contributed by atoms with Gasteiger partial charge < -0.3 is 10.2 Å². The molecule has 76 valence electrons. The van der Waals surface area contributed by atoms with E-state index in [2.05, 4.69) is 15.3 Å². The molecule has 14 heavy (non-hydrogen) atoms. The number of nitrogens with zero attached hydrogens (tertiary/aromatic N) is 2. The largest absolute Gasteiger partial charge is 0.370 e. The number of hydrogen-bond acceptors (Lipinski definition) is 4. The van der Waals surface area contributed by atoms with Gasteiger partial charge in [-0.15, -0.1) is 0 Å². The predicted molar refractivity (Wildman–Crippen MR) is 56.0 cm³/mol. The molecule has 0 spiro atoms. The van der Waals surface area contributed by atoms with E-state index in [4.69, 9.17) is 0 Å². The first-order valence-electron chi connectivity index (χ1n) is 4.73. The first-order chi connectivity index (χ1) is 6.68. The summed E-state index contributed by atoms with van der Waals surface area (Å²) in [6.07, 6.45) is 1.82. The number of aromatic amines is 1. The second-order valence-electron chi connectivity index (χ2n) is 3.64. The summed E-state index contributed by atoms with van der Waals surface area (Å²) in [6.45, 7) is 0.899. The lowest BCUT2D eigenvalue weighted by Crippen LogP contribution is -2.26. The standard InChI is InChI=1S/C9H14N4O/c1-13(2)9-11-7-6(8(14)12-9)4-3-5-10-7/h3-5H2,1-2H3,(H2,10,11,12,14). The van der Waals surface area contributed by atoms with Crippen molar-refractivity contribution in [2.24, 2.45) is 0 Å². The quantitative estimate of drug-likeness (QED) is 0.670. The normalized spacial score (nSPS) is 14.4. The van der Waals surface area contributed by atoms with Gasteiger partial charge in [0.15, 0.2) is 0 Å². The summed E-state index contributed by atoms with van der Waals surface area (Å²) in [4.78, 5) is 20.5. The summed E-state index contributed by atoms with van der Waals surface area (Å²) >= 11 is 0. The third-order valence-corrected chi connectivity index (χ3v) is 2.32. The zero-order valence-electron chi connectivity index (χ0n) is 8.42. The summed E-state index contributed by atoms with van der Waals surface area (Å²) in [5.41, 5.74) is 0.757. The molecule has 1 aromatic heterocycles. The van der Waals surface area contributed by atoms with Gasteiger partial charge in [0, 0.05) is 20.6 Å². The van der Waals surface area contributed by atoms with Crippen LogP contribution in [0.5, 0.6) is 0 Å². The van der Waals surface area contributed by atoms with Crippen molar-refractivity contribution >= 4 is 11.8 Å². The van der Waals surface area contributed by atoms with Gasteiger partial charge >= 0.3 is 0 Å². The molecule has 0 atom stereocenters. The number of nitrogens with one attached hydrogen (secondary N) is 2. The molecular weight excluding hydrogens is 180 g/mol. The Balaban J connectivity index is 2.52. The van der Waals surface area contributed by atoms with Crippen LogP contribution in [-0.4, -0.2) is 30.6 Å². The second-order valence-corrected chi connectivity index (χ2v) is 3.64. The van der Waals surface area contributed by atoms with Crippen LogP contribution in [0.25, 0.3) is 0 Å². The fourth-order valence-electron chi connectivity index (χ4n) is 1.55. The van der Waals surface area contributed by atoms with Crippen LogP contribution >= 0.6 is 0 Å². The smallest absolute Gasteiger partial charge is 0.257 e. The van der Waals surface area contributed by atoms with Crippen LogP contribution in [0, 0.1) is 0 Å². The number of hydrogen-bond donors (Lipinski definition) is 2. The maximum atomic E-state index is 11.6. The zero-order chi connectivity index (χ0) is 10.1. The van der Waals surface area contributed by atoms with Gasteiger partial charge in [-0.2, -0.15) is 4.98 Å². The highest BCUT2D eigenvalue weighted by molar-refractivity contribution is 5.49. The minimum absolute atomic E-state index is 0.0223. The highest BCUT2D eigenvalue weighted by Gasteiger charge is 2.15. The van der Waals surface area contributed by atoms with E-state index in [1.807, 2.05) is 14.1 Å². The Morgan fingerprint density at radius 2 is 2.21 bits per heavy atom. The van der Waals surface area contributed by atoms with Crippen molar-refractivity contribution in [2.75, 3.05) is 30.9 Å². The maximum absolute atomic E-state index is 11.6. The van der Waals surface area contributed by atoms with E-state index in [0.29, 0.717) is 5.95 Å². The summed E-state index contributed by atoms with van der Waals surface area (Å²) in [5, 5.41) is 3.14. The van der Waals surface area contributed by atoms with Crippen LogP contribution in [0.1, 0.15) is 12.0 Å². The van der Waals surface area contributed by atoms with Crippen LogP contribution in [0.3, 0.4) is 0 Å². The van der Waals surface area contributed by atoms with Gasteiger partial charge in [0.25, 0.3) is 5.56 Å². The molecule has 0 amide bonds. The number of aromatic nitrogens is 2. The summed E-state index contributed by atoms with van der Waals surface area (Å²) in [6, 6.07) is 0. The van der Waals surface area contributed by atoms with Gasteiger partial charge in [-0.1, -0.05) is 0 Å². The first-order valence-corrected chi connectivity index (χ1v) is 4.73. The molecule has 0 saturated carbocycles. The Labute approximate surface area is 82.2 Å². The fraction of sp³-hybridized carbons (Fsp3) is 0.556. The van der Waals surface area contributed by atoms with Gasteiger partial charge in [-0.05, 0) is 12.8 Å². The molecule has 2 heterocycles. The van der Waals surface area contributed by atoms with E-state index < -0.39 is 0 Å². The predicted octanol–water partition coefficient (Wildman–Crippen LogP) is 0.194. The molecule has 5 nitrogen and oxygen atoms in total. The molecule has 0 bridgehead atoms. The molecule has 1 aliphatic rings. The van der Waals surface area contributed by atoms with Crippen LogP contribution in [0.4, 0.5) is 11.8 Å². The lowest BCUT2D eigenvalue weighted by atomic mass is 10.1. The van der Waals surface area contributed by atoms with E-state index in [-0.39, 0.29) is 5.56 Å². The average molecular weight is 194 g/mol. The van der Waals surface area contributed by atoms with Crippen molar-refractivity contribution in [2.45, 2.75) is 12.8 Å². The highest BCUT2D eigenvalue weighted by atomic mass is 16.1. The maximum Gasteiger partial charge on any atom is 0.257 e. The van der Waals surface area contributed by atoms with Gasteiger partial charge in [-0.3, -0.25) is 9.78 Å². The molecule has 0 aromatic carbocycles. The average Bonchev–Trinajstić information content (AvgIpc) is 2.17. The zero-order valence-corrected chi connectivity index (χ0v) is 8.42. The van der Waals surface area contributed by atoms with Gasteiger partial charge in [0.2, 0.25) is 5.95 Å². The van der Waals surface area contributed by atoms with Crippen LogP contribution in [-0.2, 0) is 6.42 Å². The first kappa shape index (κ1) is 9.05. The Hall–Kier alpha value is -1.52. The van der Waals surface area contributed by atoms with Crippen molar-refractivity contribution < 1.29 is 0 Å². The van der Waals surface area contributed by atoms with Crippen molar-refractivity contribution in [3.63, 3.8) is 0 Å². The Bertz CT molecular complexity index is 396. The molecule has 0 saturated heterocycles. The van der Waals surface area contributed by atoms with Crippen molar-refractivity contribution in [3.8, 4) is 0 Å². The van der Waals surface area contributed by atoms with Crippen molar-refractivity contribution in [3.05, 3.63) is 15.9 Å². The van der Waals surface area contributed by atoms with E-state index >= 15 is 0 Å². The number of anilines is 2. The van der Waals surface area contributed by atoms with Crippen molar-refractivity contribution in [1.29, 1.82) is 0 Å². The number of fused-ring (bicyclic) bond motifs is 1. The second kappa shape index (κ2) is 3.32. The molecule has 1 aromatic rings. The lowest BCUT2D eigenvalue weighted by Gasteiger charge is -2.18. The number of H-pyrrole nitrogens is 1. The molecule has 0 radical (unpaired) electrons. The highest BCUT2D eigenvalue weighted by Crippen LogP contribution is 2.16. The Morgan fingerprint density at radius 3 is 2.93 bits per heavy atom. The fourth-order valence-corrected chi connectivity index (χ4v) is 1.55. The van der Waals surface area contributed by atoms with Gasteiger partial charge in [0.05, 0.1) is 5.56 Å². The van der Waals surface area contributed by atoms with Gasteiger partial charge in [-0.25, -0.2) is 0 Å². The van der Waals surface area contributed by atoms with Crippen LogP contribution < -0.4 is 15.8 Å². The van der Waals surface area contributed by atoms with Crippen LogP contribution in [0.15, 0.2) is 4.79 Å². The topological polar surface area (TPSA) is 61.0 Å². The third kappa shape index (κ3) is 1.45. The SMILES string of the molecule is CN(C)c1nc2c(c(=O)[nH]1)CCCN2. The minimum atomic E-state index is -0.0223. The molecular formula is C9H14N4O. The minimum Gasteiger partial charge on any atom is -0.370 e. The molecule has 5 heteroatoms. The molecule has 0 unspecified atom stereocenters. The molecule has 2 N–H and O–H groups in total. The molecule has 2 rings (SSSR count).